The summed E-state index contributed by atoms with van der Waals surface area (Å²) in [6, 6.07) is 5.67. The SMILES string of the molecule is COC(=O)c1ccc(NS(=O)(=O)Cl)cc1. The standard InChI is InChI=1S/C8H8ClNO4S/c1-14-8(11)6-2-4-7(5-3-6)10-15(9,12)13/h2-5,10H,1H3. The molecule has 0 aliphatic heterocycles. The van der Waals surface area contributed by atoms with Crippen LogP contribution >= 0.6 is 10.7 Å². The Labute approximate surface area is 91.6 Å². The quantitative estimate of drug-likeness (QED) is 0.649. The van der Waals surface area contributed by atoms with E-state index in [0.29, 0.717) is 5.56 Å². The van der Waals surface area contributed by atoms with Gasteiger partial charge in [-0.1, -0.05) is 0 Å². The lowest BCUT2D eigenvalue weighted by Crippen LogP contribution is -2.05. The van der Waals surface area contributed by atoms with Crippen molar-refractivity contribution in [2.45, 2.75) is 0 Å². The molecular formula is C8H8ClNO4S. The van der Waals surface area contributed by atoms with Crippen LogP contribution in [0.25, 0.3) is 0 Å². The van der Waals surface area contributed by atoms with Gasteiger partial charge in [0.05, 0.1) is 12.7 Å². The maximum atomic E-state index is 11.0. The molecule has 0 amide bonds. The van der Waals surface area contributed by atoms with E-state index in [1.165, 1.54) is 31.4 Å². The predicted octanol–water partition coefficient (Wildman–Crippen LogP) is 1.37. The van der Waals surface area contributed by atoms with E-state index in [0.717, 1.165) is 0 Å². The second kappa shape index (κ2) is 4.50. The van der Waals surface area contributed by atoms with Gasteiger partial charge in [0.15, 0.2) is 0 Å². The van der Waals surface area contributed by atoms with Gasteiger partial charge in [0.1, 0.15) is 0 Å². The van der Waals surface area contributed by atoms with Crippen molar-refractivity contribution in [1.29, 1.82) is 0 Å². The van der Waals surface area contributed by atoms with E-state index in [9.17, 15) is 13.2 Å². The molecule has 82 valence electrons. The molecule has 0 aliphatic carbocycles. The lowest BCUT2D eigenvalue weighted by molar-refractivity contribution is 0.0601. The Morgan fingerprint density at radius 3 is 2.27 bits per heavy atom. The number of nitrogens with one attached hydrogen (secondary N) is 1. The molecule has 15 heavy (non-hydrogen) atoms. The molecule has 0 spiro atoms. The minimum absolute atomic E-state index is 0.276. The number of carbonyl (C=O) groups is 1. The molecule has 5 nitrogen and oxygen atoms in total. The van der Waals surface area contributed by atoms with Crippen LogP contribution in [-0.2, 0) is 14.0 Å². The van der Waals surface area contributed by atoms with Crippen LogP contribution in [0.2, 0.25) is 0 Å². The third-order valence-corrected chi connectivity index (χ3v) is 2.26. The first kappa shape index (κ1) is 11.8. The second-order valence-corrected chi connectivity index (χ2v) is 4.91. The van der Waals surface area contributed by atoms with Gasteiger partial charge in [-0.05, 0) is 24.3 Å². The second-order valence-electron chi connectivity index (χ2n) is 2.61. The van der Waals surface area contributed by atoms with E-state index in [1.807, 2.05) is 0 Å². The maximum Gasteiger partial charge on any atom is 0.337 e. The van der Waals surface area contributed by atoms with Gasteiger partial charge in [-0.15, -0.1) is 0 Å². The minimum Gasteiger partial charge on any atom is -0.465 e. The highest BCUT2D eigenvalue weighted by Crippen LogP contribution is 2.13. The summed E-state index contributed by atoms with van der Waals surface area (Å²) in [5.41, 5.74) is 0.604. The molecule has 0 fully saturated rings. The zero-order chi connectivity index (χ0) is 11.5. The number of ether oxygens (including phenoxy) is 1. The highest BCUT2D eigenvalue weighted by Gasteiger charge is 2.07. The fourth-order valence-corrected chi connectivity index (χ4v) is 1.62. The number of anilines is 1. The van der Waals surface area contributed by atoms with Crippen LogP contribution < -0.4 is 4.72 Å². The predicted molar refractivity (Wildman–Crippen MR) is 56.2 cm³/mol. The van der Waals surface area contributed by atoms with E-state index < -0.39 is 15.2 Å². The van der Waals surface area contributed by atoms with Crippen LogP contribution in [0.4, 0.5) is 5.69 Å². The Morgan fingerprint density at radius 2 is 1.87 bits per heavy atom. The van der Waals surface area contributed by atoms with Crippen molar-refractivity contribution in [1.82, 2.24) is 0 Å². The molecule has 1 N–H and O–H groups in total. The van der Waals surface area contributed by atoms with Gasteiger partial charge in [0.25, 0.3) is 0 Å². The summed E-state index contributed by atoms with van der Waals surface area (Å²) in [5.74, 6) is -0.490. The molecule has 0 bridgehead atoms. The van der Waals surface area contributed by atoms with Gasteiger partial charge in [0.2, 0.25) is 0 Å². The number of methoxy groups -OCH3 is 1. The lowest BCUT2D eigenvalue weighted by atomic mass is 10.2. The van der Waals surface area contributed by atoms with E-state index >= 15 is 0 Å². The number of halogens is 1. The number of benzene rings is 1. The number of rotatable bonds is 3. The Hall–Kier alpha value is -1.27. The zero-order valence-electron chi connectivity index (χ0n) is 7.73. The Bertz CT molecular complexity index is 454. The average Bonchev–Trinajstić information content (AvgIpc) is 2.15. The summed E-state index contributed by atoms with van der Waals surface area (Å²) in [5, 5.41) is 0. The highest BCUT2D eigenvalue weighted by molar-refractivity contribution is 8.14. The number of carbonyl (C=O) groups excluding carboxylic acids is 1. The Balaban J connectivity index is 2.86. The molecule has 0 unspecified atom stereocenters. The van der Waals surface area contributed by atoms with Crippen LogP contribution in [0, 0.1) is 0 Å². The topological polar surface area (TPSA) is 72.5 Å². The van der Waals surface area contributed by atoms with Crippen molar-refractivity contribution in [3.63, 3.8) is 0 Å². The van der Waals surface area contributed by atoms with Crippen molar-refractivity contribution in [2.75, 3.05) is 11.8 Å². The molecule has 1 rings (SSSR count). The lowest BCUT2D eigenvalue weighted by Gasteiger charge is -2.03. The molecule has 1 aromatic rings. The Kier molecular flexibility index (Phi) is 3.54. The number of esters is 1. The molecule has 0 radical (unpaired) electrons. The first-order valence-corrected chi connectivity index (χ1v) is 6.14. The van der Waals surface area contributed by atoms with Crippen LogP contribution in [0.15, 0.2) is 24.3 Å². The third kappa shape index (κ3) is 3.77. The van der Waals surface area contributed by atoms with Gasteiger partial charge in [-0.3, -0.25) is 4.72 Å². The highest BCUT2D eigenvalue weighted by atomic mass is 35.7. The van der Waals surface area contributed by atoms with Gasteiger partial charge in [-0.2, -0.15) is 8.42 Å². The molecule has 1 aromatic carbocycles. The van der Waals surface area contributed by atoms with E-state index in [1.54, 1.807) is 0 Å². The monoisotopic (exact) mass is 249 g/mol. The summed E-state index contributed by atoms with van der Waals surface area (Å²) in [7, 11) is 2.42. The van der Waals surface area contributed by atoms with Crippen molar-refractivity contribution in [3.05, 3.63) is 29.8 Å². The van der Waals surface area contributed by atoms with Gasteiger partial charge >= 0.3 is 15.2 Å². The summed E-state index contributed by atoms with van der Waals surface area (Å²) in [6.07, 6.45) is 0. The molecule has 0 heterocycles. The molecule has 0 saturated heterocycles. The van der Waals surface area contributed by atoms with Gasteiger partial charge in [-0.25, -0.2) is 4.79 Å². The summed E-state index contributed by atoms with van der Waals surface area (Å²) in [6.45, 7) is 0. The largest absolute Gasteiger partial charge is 0.465 e. The van der Waals surface area contributed by atoms with Crippen molar-refractivity contribution >= 4 is 31.6 Å². The molecule has 0 aliphatic rings. The van der Waals surface area contributed by atoms with Crippen molar-refractivity contribution in [2.24, 2.45) is 0 Å². The van der Waals surface area contributed by atoms with E-state index in [2.05, 4.69) is 9.46 Å². The van der Waals surface area contributed by atoms with Crippen molar-refractivity contribution in [3.8, 4) is 0 Å². The first-order valence-electron chi connectivity index (χ1n) is 3.83. The van der Waals surface area contributed by atoms with Crippen molar-refractivity contribution < 1.29 is 17.9 Å². The Morgan fingerprint density at radius 1 is 1.33 bits per heavy atom. The smallest absolute Gasteiger partial charge is 0.337 e. The minimum atomic E-state index is -3.81. The maximum absolute atomic E-state index is 11.0. The molecule has 0 atom stereocenters. The summed E-state index contributed by atoms with van der Waals surface area (Å²) >= 11 is 0. The normalized spacial score (nSPS) is 10.8. The fraction of sp³-hybridized carbons (Fsp3) is 0.125. The van der Waals surface area contributed by atoms with Gasteiger partial charge in [0, 0.05) is 16.4 Å². The first-order chi connectivity index (χ1) is 6.92. The van der Waals surface area contributed by atoms with E-state index in [4.69, 9.17) is 10.7 Å². The molecule has 0 aromatic heterocycles. The average molecular weight is 250 g/mol. The molecular weight excluding hydrogens is 242 g/mol. The zero-order valence-corrected chi connectivity index (χ0v) is 9.30. The number of hydrogen-bond acceptors (Lipinski definition) is 4. The molecule has 0 saturated carbocycles. The number of hydrogen-bond donors (Lipinski definition) is 1. The third-order valence-electron chi connectivity index (χ3n) is 1.55. The fourth-order valence-electron chi connectivity index (χ4n) is 0.933. The van der Waals surface area contributed by atoms with Crippen LogP contribution in [0.5, 0.6) is 0 Å². The molecule has 7 heteroatoms. The van der Waals surface area contributed by atoms with Gasteiger partial charge < -0.3 is 4.74 Å². The summed E-state index contributed by atoms with van der Waals surface area (Å²) < 4.78 is 27.8. The van der Waals surface area contributed by atoms with Crippen LogP contribution in [0.3, 0.4) is 0 Å². The summed E-state index contributed by atoms with van der Waals surface area (Å²) in [4.78, 5) is 11.0. The van der Waals surface area contributed by atoms with Crippen LogP contribution in [0.1, 0.15) is 10.4 Å². The van der Waals surface area contributed by atoms with E-state index in [-0.39, 0.29) is 5.69 Å². The van der Waals surface area contributed by atoms with Crippen LogP contribution in [-0.4, -0.2) is 21.5 Å².